The molecule has 3 aliphatic rings. The Morgan fingerprint density at radius 1 is 1.12 bits per heavy atom. The number of methoxy groups -OCH3 is 1. The van der Waals surface area contributed by atoms with Gasteiger partial charge in [0.25, 0.3) is 5.91 Å². The van der Waals surface area contributed by atoms with Crippen LogP contribution in [-0.2, 0) is 4.79 Å². The minimum absolute atomic E-state index is 0.00656. The first-order chi connectivity index (χ1) is 16.6. The predicted molar refractivity (Wildman–Crippen MR) is 134 cm³/mol. The number of carbonyl (C=O) groups is 1. The lowest BCUT2D eigenvalue weighted by molar-refractivity contribution is -0.118. The van der Waals surface area contributed by atoms with Crippen molar-refractivity contribution in [2.24, 2.45) is 17.8 Å². The molecule has 0 radical (unpaired) electrons. The summed E-state index contributed by atoms with van der Waals surface area (Å²) in [6.45, 7) is -0.0825. The van der Waals surface area contributed by atoms with Crippen molar-refractivity contribution in [1.82, 2.24) is 4.98 Å². The molecule has 2 saturated carbocycles. The maximum absolute atomic E-state index is 12.6. The Morgan fingerprint density at radius 3 is 2.74 bits per heavy atom. The van der Waals surface area contributed by atoms with Gasteiger partial charge in [-0.25, -0.2) is 0 Å². The SMILES string of the molecule is COc1ccc(NC(=O)COc2ccccc2[C@H]2c3sc(=O)[nH]c3S[C@@H]3[C@H]4CC[C@@H](C4)[C@H]23)cc1. The molecule has 1 aliphatic heterocycles. The Morgan fingerprint density at radius 2 is 1.91 bits per heavy atom. The quantitative estimate of drug-likeness (QED) is 0.498. The van der Waals surface area contributed by atoms with E-state index in [4.69, 9.17) is 9.47 Å². The third kappa shape index (κ3) is 3.82. The van der Waals surface area contributed by atoms with Crippen LogP contribution in [0.3, 0.4) is 0 Å². The van der Waals surface area contributed by atoms with E-state index in [1.54, 1.807) is 31.4 Å². The summed E-state index contributed by atoms with van der Waals surface area (Å²) in [6.07, 6.45) is 3.84. The van der Waals surface area contributed by atoms with Gasteiger partial charge in [0.15, 0.2) is 6.61 Å². The molecule has 8 heteroatoms. The molecule has 2 N–H and O–H groups in total. The van der Waals surface area contributed by atoms with E-state index in [1.165, 1.54) is 30.6 Å². The molecule has 2 fully saturated rings. The predicted octanol–water partition coefficient (Wildman–Crippen LogP) is 5.11. The lowest BCUT2D eigenvalue weighted by Crippen LogP contribution is -2.34. The zero-order valence-electron chi connectivity index (χ0n) is 18.8. The van der Waals surface area contributed by atoms with Crippen LogP contribution in [0.15, 0.2) is 58.4 Å². The van der Waals surface area contributed by atoms with Gasteiger partial charge in [-0.1, -0.05) is 29.5 Å². The first kappa shape index (κ1) is 21.8. The van der Waals surface area contributed by atoms with Gasteiger partial charge in [0, 0.05) is 27.3 Å². The molecule has 2 heterocycles. The van der Waals surface area contributed by atoms with Crippen LogP contribution in [0.4, 0.5) is 5.69 Å². The first-order valence-electron chi connectivity index (χ1n) is 11.7. The molecule has 0 unspecified atom stereocenters. The van der Waals surface area contributed by atoms with Crippen LogP contribution >= 0.6 is 23.1 Å². The summed E-state index contributed by atoms with van der Waals surface area (Å²) in [7, 11) is 1.61. The second-order valence-corrected chi connectivity index (χ2v) is 11.5. The number of hydrogen-bond acceptors (Lipinski definition) is 6. The van der Waals surface area contributed by atoms with Gasteiger partial charge >= 0.3 is 4.87 Å². The number of H-pyrrole nitrogens is 1. The second-order valence-electron chi connectivity index (χ2n) is 9.28. The number of rotatable bonds is 6. The van der Waals surface area contributed by atoms with Gasteiger partial charge < -0.3 is 19.8 Å². The maximum atomic E-state index is 12.6. The fourth-order valence-corrected chi connectivity index (χ4v) is 8.97. The van der Waals surface area contributed by atoms with E-state index in [1.807, 2.05) is 30.0 Å². The average Bonchev–Trinajstić information content (AvgIpc) is 3.56. The van der Waals surface area contributed by atoms with Gasteiger partial charge in [-0.3, -0.25) is 9.59 Å². The third-order valence-corrected chi connectivity index (χ3v) is 10.1. The van der Waals surface area contributed by atoms with E-state index < -0.39 is 0 Å². The van der Waals surface area contributed by atoms with Crippen LogP contribution in [0.2, 0.25) is 0 Å². The smallest absolute Gasteiger partial charge is 0.305 e. The summed E-state index contributed by atoms with van der Waals surface area (Å²) in [5.74, 6) is 3.27. The number of anilines is 1. The van der Waals surface area contributed by atoms with E-state index in [0.29, 0.717) is 22.8 Å². The standard InChI is InChI=1S/C26H26N2O4S2/c1-31-17-10-8-16(9-11-17)27-20(29)13-32-19-5-3-2-4-18(19)22-21-14-6-7-15(12-14)23(21)33-25-24(22)34-26(30)28-25/h2-5,8-11,14-15,21-23H,6-7,12-13H2,1H3,(H,27,29)(H,28,30)/t14-,15-,21+,22+,23+/m0/s1. The van der Waals surface area contributed by atoms with Crippen molar-refractivity contribution in [3.8, 4) is 11.5 Å². The molecule has 2 aromatic carbocycles. The molecule has 6 rings (SSSR count). The van der Waals surface area contributed by atoms with E-state index in [0.717, 1.165) is 32.9 Å². The molecule has 2 aliphatic carbocycles. The normalized spacial score (nSPS) is 26.6. The fraction of sp³-hybridized carbons (Fsp3) is 0.385. The lowest BCUT2D eigenvalue weighted by atomic mass is 9.74. The minimum atomic E-state index is -0.219. The molecule has 0 spiro atoms. The van der Waals surface area contributed by atoms with Gasteiger partial charge in [0.1, 0.15) is 11.5 Å². The highest BCUT2D eigenvalue weighted by molar-refractivity contribution is 8.00. The third-order valence-electron chi connectivity index (χ3n) is 7.45. The monoisotopic (exact) mass is 494 g/mol. The number of benzene rings is 2. The molecular weight excluding hydrogens is 468 g/mol. The Balaban J connectivity index is 1.25. The molecule has 1 amide bonds. The molecule has 3 aromatic rings. The number of fused-ring (bicyclic) bond motifs is 6. The van der Waals surface area contributed by atoms with Crippen molar-refractivity contribution in [2.45, 2.75) is 35.5 Å². The summed E-state index contributed by atoms with van der Waals surface area (Å²) >= 11 is 3.21. The number of thiazole rings is 1. The van der Waals surface area contributed by atoms with Crippen molar-refractivity contribution >= 4 is 34.7 Å². The zero-order chi connectivity index (χ0) is 23.2. The van der Waals surface area contributed by atoms with Gasteiger partial charge in [0.05, 0.1) is 12.1 Å². The molecule has 0 saturated heterocycles. The summed E-state index contributed by atoms with van der Waals surface area (Å²) < 4.78 is 11.3. The van der Waals surface area contributed by atoms with Crippen LogP contribution in [0.5, 0.6) is 11.5 Å². The molecule has 1 aromatic heterocycles. The number of thioether (sulfide) groups is 1. The molecule has 34 heavy (non-hydrogen) atoms. The largest absolute Gasteiger partial charge is 0.497 e. The van der Waals surface area contributed by atoms with Crippen LogP contribution in [0.25, 0.3) is 0 Å². The molecular formula is C26H26N2O4S2. The zero-order valence-corrected chi connectivity index (χ0v) is 20.4. The molecule has 5 atom stereocenters. The number of amides is 1. The average molecular weight is 495 g/mol. The van der Waals surface area contributed by atoms with Gasteiger partial charge in [-0.05, 0) is 67.3 Å². The van der Waals surface area contributed by atoms with Crippen LogP contribution in [0.1, 0.15) is 35.6 Å². The Bertz CT molecular complexity index is 1270. The molecule has 2 bridgehead atoms. The molecule has 176 valence electrons. The number of ether oxygens (including phenoxy) is 2. The van der Waals surface area contributed by atoms with Gasteiger partial charge in [0.2, 0.25) is 0 Å². The highest BCUT2D eigenvalue weighted by Crippen LogP contribution is 2.64. The van der Waals surface area contributed by atoms with E-state index >= 15 is 0 Å². The second kappa shape index (κ2) is 8.82. The maximum Gasteiger partial charge on any atom is 0.305 e. The summed E-state index contributed by atoms with van der Waals surface area (Å²) in [4.78, 5) is 29.1. The van der Waals surface area contributed by atoms with Crippen molar-refractivity contribution in [2.75, 3.05) is 19.0 Å². The lowest BCUT2D eigenvalue weighted by Gasteiger charge is -2.40. The van der Waals surface area contributed by atoms with Gasteiger partial charge in [-0.15, -0.1) is 11.8 Å². The van der Waals surface area contributed by atoms with E-state index in [-0.39, 0.29) is 23.3 Å². The molecule has 6 nitrogen and oxygen atoms in total. The summed E-state index contributed by atoms with van der Waals surface area (Å²) in [5, 5.41) is 4.44. The minimum Gasteiger partial charge on any atom is -0.497 e. The van der Waals surface area contributed by atoms with E-state index in [2.05, 4.69) is 16.4 Å². The number of para-hydroxylation sites is 1. The van der Waals surface area contributed by atoms with E-state index in [9.17, 15) is 9.59 Å². The highest BCUT2D eigenvalue weighted by Gasteiger charge is 2.55. The number of aromatic amines is 1. The van der Waals surface area contributed by atoms with Crippen LogP contribution < -0.4 is 19.7 Å². The number of aromatic nitrogens is 1. The Labute approximate surface area is 206 Å². The summed E-state index contributed by atoms with van der Waals surface area (Å²) in [5.41, 5.74) is 1.78. The summed E-state index contributed by atoms with van der Waals surface area (Å²) in [6, 6.07) is 15.2. The highest BCUT2D eigenvalue weighted by atomic mass is 32.2. The number of carbonyl (C=O) groups excluding carboxylic acids is 1. The van der Waals surface area contributed by atoms with Crippen LogP contribution in [0, 0.1) is 17.8 Å². The Hall–Kier alpha value is -2.71. The van der Waals surface area contributed by atoms with Crippen molar-refractivity contribution in [3.05, 3.63) is 68.6 Å². The number of nitrogens with one attached hydrogen (secondary N) is 2. The Kier molecular flexibility index (Phi) is 5.65. The number of hydrogen-bond donors (Lipinski definition) is 2. The fourth-order valence-electron chi connectivity index (χ4n) is 6.08. The topological polar surface area (TPSA) is 80.4 Å². The van der Waals surface area contributed by atoms with Crippen molar-refractivity contribution in [3.63, 3.8) is 0 Å². The van der Waals surface area contributed by atoms with Crippen LogP contribution in [-0.4, -0.2) is 29.9 Å². The van der Waals surface area contributed by atoms with Crippen molar-refractivity contribution < 1.29 is 14.3 Å². The van der Waals surface area contributed by atoms with Crippen molar-refractivity contribution in [1.29, 1.82) is 0 Å². The van der Waals surface area contributed by atoms with Gasteiger partial charge in [-0.2, -0.15) is 0 Å². The first-order valence-corrected chi connectivity index (χ1v) is 13.4.